The van der Waals surface area contributed by atoms with Crippen molar-refractivity contribution >= 4 is 17.5 Å². The number of rotatable bonds is 2. The molecule has 0 aromatic rings. The van der Waals surface area contributed by atoms with Crippen LogP contribution < -0.4 is 5.32 Å². The molecule has 1 aliphatic heterocycles. The molecule has 4 rings (SSSR count). The van der Waals surface area contributed by atoms with E-state index >= 15 is 0 Å². The van der Waals surface area contributed by atoms with Crippen molar-refractivity contribution < 1.29 is 19.5 Å². The van der Waals surface area contributed by atoms with E-state index in [2.05, 4.69) is 18.3 Å². The molecule has 2 fully saturated rings. The minimum absolute atomic E-state index is 0.0945. The number of nitrogens with one attached hydrogen (secondary N) is 1. The standard InChI is InChI=1S/C24H31NO4/c1-5-6-17-12-16-9-8-15-11-13(2)7-10-18(15)23(16,4)21(28)24(17)20(27)19(14(3)26)25-22(24)29/h5-6,8-9,12-15,17-19,26H,7,10-11H2,1-4H3,(H,25,29)/b6-5+/t13-,14-,15-,17-,18-,19-,23-,24+/m1/s1. The van der Waals surface area contributed by atoms with Crippen LogP contribution in [0.5, 0.6) is 0 Å². The molecular weight excluding hydrogens is 366 g/mol. The van der Waals surface area contributed by atoms with Gasteiger partial charge in [0.05, 0.1) is 11.5 Å². The Kier molecular flexibility index (Phi) is 4.73. The normalized spacial score (nSPS) is 45.2. The molecule has 0 bridgehead atoms. The molecule has 156 valence electrons. The average molecular weight is 398 g/mol. The van der Waals surface area contributed by atoms with Crippen LogP contribution in [-0.4, -0.2) is 34.7 Å². The van der Waals surface area contributed by atoms with Crippen LogP contribution in [0.3, 0.4) is 0 Å². The number of Topliss-reactive ketones (excluding diaryl/α,β-unsaturated/α-hetero) is 2. The van der Waals surface area contributed by atoms with E-state index in [1.165, 1.54) is 6.92 Å². The molecular formula is C24H31NO4. The van der Waals surface area contributed by atoms with Gasteiger partial charge in [-0.25, -0.2) is 0 Å². The van der Waals surface area contributed by atoms with Gasteiger partial charge in [-0.1, -0.05) is 43.7 Å². The van der Waals surface area contributed by atoms with Gasteiger partial charge in [-0.2, -0.15) is 0 Å². The van der Waals surface area contributed by atoms with Gasteiger partial charge in [0.1, 0.15) is 6.04 Å². The second-order valence-electron chi connectivity index (χ2n) is 9.62. The molecule has 1 saturated carbocycles. The van der Waals surface area contributed by atoms with Crippen molar-refractivity contribution in [2.75, 3.05) is 0 Å². The highest BCUT2D eigenvalue weighted by molar-refractivity contribution is 6.31. The number of aliphatic hydroxyl groups excluding tert-OH is 1. The minimum atomic E-state index is -1.79. The molecule has 0 aromatic carbocycles. The zero-order chi connectivity index (χ0) is 21.1. The maximum atomic E-state index is 14.2. The molecule has 5 heteroatoms. The van der Waals surface area contributed by atoms with Gasteiger partial charge in [0.2, 0.25) is 5.91 Å². The SMILES string of the molecule is C/C=C/[C@@H]1C=C2C=C[C@@H]3C[C@H](C)CC[C@H]3[C@]2(C)C(=O)[C@]12C(=O)N[C@H]([C@@H](C)O)C2=O. The Morgan fingerprint density at radius 2 is 2.00 bits per heavy atom. The van der Waals surface area contributed by atoms with Gasteiger partial charge in [0.15, 0.2) is 17.0 Å². The zero-order valence-electron chi connectivity index (χ0n) is 17.6. The van der Waals surface area contributed by atoms with Gasteiger partial charge in [0, 0.05) is 5.92 Å². The van der Waals surface area contributed by atoms with Crippen LogP contribution in [0.1, 0.15) is 47.0 Å². The number of amides is 1. The highest BCUT2D eigenvalue weighted by Crippen LogP contribution is 2.59. The maximum absolute atomic E-state index is 14.2. The molecule has 1 amide bonds. The lowest BCUT2D eigenvalue weighted by atomic mass is 9.47. The third-order valence-electron chi connectivity index (χ3n) is 7.91. The van der Waals surface area contributed by atoms with Gasteiger partial charge in [-0.15, -0.1) is 0 Å². The molecule has 0 unspecified atom stereocenters. The van der Waals surface area contributed by atoms with Crippen molar-refractivity contribution in [3.63, 3.8) is 0 Å². The lowest BCUT2D eigenvalue weighted by Gasteiger charge is -2.53. The fourth-order valence-electron chi connectivity index (χ4n) is 6.33. The molecule has 0 radical (unpaired) electrons. The zero-order valence-corrected chi connectivity index (χ0v) is 17.6. The Bertz CT molecular complexity index is 853. The van der Waals surface area contributed by atoms with E-state index in [1.807, 2.05) is 26.0 Å². The number of carbonyl (C=O) groups excluding carboxylic acids is 3. The van der Waals surface area contributed by atoms with E-state index in [0.29, 0.717) is 5.92 Å². The van der Waals surface area contributed by atoms with Crippen LogP contribution in [0.4, 0.5) is 0 Å². The predicted octanol–water partition coefficient (Wildman–Crippen LogP) is 2.75. The van der Waals surface area contributed by atoms with Crippen molar-refractivity contribution in [3.8, 4) is 0 Å². The van der Waals surface area contributed by atoms with E-state index in [9.17, 15) is 19.5 Å². The lowest BCUT2D eigenvalue weighted by Crippen LogP contribution is -2.60. The number of carbonyl (C=O) groups is 3. The topological polar surface area (TPSA) is 83.5 Å². The quantitative estimate of drug-likeness (QED) is 0.554. The Labute approximate surface area is 172 Å². The number of hydrogen-bond donors (Lipinski definition) is 2. The third-order valence-corrected chi connectivity index (χ3v) is 7.91. The highest BCUT2D eigenvalue weighted by Gasteiger charge is 2.70. The number of aliphatic hydroxyl groups is 1. The molecule has 8 atom stereocenters. The number of ketones is 2. The average Bonchev–Trinajstić information content (AvgIpc) is 2.93. The van der Waals surface area contributed by atoms with E-state index < -0.39 is 40.6 Å². The first kappa shape index (κ1) is 20.3. The monoisotopic (exact) mass is 397 g/mol. The predicted molar refractivity (Wildman–Crippen MR) is 110 cm³/mol. The van der Waals surface area contributed by atoms with Gasteiger partial charge >= 0.3 is 0 Å². The second kappa shape index (κ2) is 6.76. The van der Waals surface area contributed by atoms with E-state index in [4.69, 9.17) is 0 Å². The number of hydrogen-bond acceptors (Lipinski definition) is 4. The van der Waals surface area contributed by atoms with Gasteiger partial charge in [-0.3, -0.25) is 14.4 Å². The summed E-state index contributed by atoms with van der Waals surface area (Å²) in [7, 11) is 0. The summed E-state index contributed by atoms with van der Waals surface area (Å²) in [5.41, 5.74) is -1.73. The fourth-order valence-corrected chi connectivity index (χ4v) is 6.33. The summed E-state index contributed by atoms with van der Waals surface area (Å²) in [4.78, 5) is 41.0. The molecule has 5 nitrogen and oxygen atoms in total. The first-order chi connectivity index (χ1) is 13.7. The van der Waals surface area contributed by atoms with Crippen molar-refractivity contribution in [3.05, 3.63) is 36.0 Å². The fraction of sp³-hybridized carbons (Fsp3) is 0.625. The number of allylic oxidation sites excluding steroid dienone is 6. The largest absolute Gasteiger partial charge is 0.391 e. The first-order valence-electron chi connectivity index (χ1n) is 10.8. The van der Waals surface area contributed by atoms with Gasteiger partial charge < -0.3 is 10.4 Å². The third kappa shape index (κ3) is 2.52. The van der Waals surface area contributed by atoms with Crippen LogP contribution in [0.25, 0.3) is 0 Å². The molecule has 3 aliphatic carbocycles. The second-order valence-corrected chi connectivity index (χ2v) is 9.62. The smallest absolute Gasteiger partial charge is 0.243 e. The van der Waals surface area contributed by atoms with Crippen LogP contribution in [0.2, 0.25) is 0 Å². The summed E-state index contributed by atoms with van der Waals surface area (Å²) in [5, 5.41) is 12.7. The summed E-state index contributed by atoms with van der Waals surface area (Å²) in [6, 6.07) is -1.04. The lowest BCUT2D eigenvalue weighted by molar-refractivity contribution is -0.155. The molecule has 1 spiro atoms. The van der Waals surface area contributed by atoms with Crippen LogP contribution in [0, 0.1) is 34.5 Å². The Balaban J connectivity index is 1.91. The minimum Gasteiger partial charge on any atom is -0.391 e. The molecule has 4 aliphatic rings. The molecule has 1 heterocycles. The van der Waals surface area contributed by atoms with Gasteiger partial charge in [0.25, 0.3) is 0 Å². The molecule has 0 aromatic heterocycles. The summed E-state index contributed by atoms with van der Waals surface area (Å²) in [6.45, 7) is 7.47. The van der Waals surface area contributed by atoms with Crippen molar-refractivity contribution in [2.45, 2.75) is 59.1 Å². The Morgan fingerprint density at radius 1 is 1.28 bits per heavy atom. The highest BCUT2D eigenvalue weighted by atomic mass is 16.3. The first-order valence-corrected chi connectivity index (χ1v) is 10.8. The summed E-state index contributed by atoms with van der Waals surface area (Å²) >= 11 is 0. The van der Waals surface area contributed by atoms with Crippen molar-refractivity contribution in [1.29, 1.82) is 0 Å². The molecule has 1 saturated heterocycles. The summed E-state index contributed by atoms with van der Waals surface area (Å²) < 4.78 is 0. The summed E-state index contributed by atoms with van der Waals surface area (Å²) in [5.74, 6) is -0.988. The van der Waals surface area contributed by atoms with E-state index in [0.717, 1.165) is 24.8 Å². The van der Waals surface area contributed by atoms with E-state index in [-0.39, 0.29) is 17.6 Å². The van der Waals surface area contributed by atoms with Crippen LogP contribution in [0.15, 0.2) is 36.0 Å². The van der Waals surface area contributed by atoms with Crippen molar-refractivity contribution in [1.82, 2.24) is 5.32 Å². The summed E-state index contributed by atoms with van der Waals surface area (Å²) in [6.07, 6.45) is 11.7. The molecule has 29 heavy (non-hydrogen) atoms. The van der Waals surface area contributed by atoms with E-state index in [1.54, 1.807) is 12.2 Å². The molecule has 2 N–H and O–H groups in total. The Morgan fingerprint density at radius 3 is 2.62 bits per heavy atom. The Hall–Kier alpha value is -2.01. The maximum Gasteiger partial charge on any atom is 0.243 e. The van der Waals surface area contributed by atoms with Gasteiger partial charge in [-0.05, 0) is 56.9 Å². The van der Waals surface area contributed by atoms with Crippen LogP contribution >= 0.6 is 0 Å². The van der Waals surface area contributed by atoms with Crippen LogP contribution in [-0.2, 0) is 14.4 Å². The number of fused-ring (bicyclic) bond motifs is 3. The van der Waals surface area contributed by atoms with Crippen molar-refractivity contribution in [2.24, 2.45) is 34.5 Å².